The maximum Gasteiger partial charge on any atom is 0.241 e. The average Bonchev–Trinajstić information content (AvgIpc) is 2.74. The van der Waals surface area contributed by atoms with E-state index in [1.165, 1.54) is 16.8 Å². The fourth-order valence-corrected chi connectivity index (χ4v) is 3.72. The Hall–Kier alpha value is -2.89. The topological polar surface area (TPSA) is 54.0 Å². The van der Waals surface area contributed by atoms with Gasteiger partial charge in [0.15, 0.2) is 11.5 Å². The number of hydrogen-bond acceptors (Lipinski definition) is 5. The lowest BCUT2D eigenvalue weighted by molar-refractivity contribution is -0.129. The van der Waals surface area contributed by atoms with E-state index in [-0.39, 0.29) is 12.5 Å². The monoisotopic (exact) mass is 381 g/mol. The number of nitrogens with one attached hydrogen (secondary N) is 1. The van der Waals surface area contributed by atoms with E-state index >= 15 is 0 Å². The summed E-state index contributed by atoms with van der Waals surface area (Å²) in [6.07, 6.45) is 0. The summed E-state index contributed by atoms with van der Waals surface area (Å²) in [5.41, 5.74) is 4.77. The van der Waals surface area contributed by atoms with Crippen LogP contribution >= 0.6 is 0 Å². The van der Waals surface area contributed by atoms with Gasteiger partial charge in [-0.3, -0.25) is 4.79 Å². The summed E-state index contributed by atoms with van der Waals surface area (Å²) in [6.45, 7) is 8.93. The van der Waals surface area contributed by atoms with Crippen LogP contribution in [-0.2, 0) is 4.79 Å². The smallest absolute Gasteiger partial charge is 0.241 e. The zero-order valence-corrected chi connectivity index (χ0v) is 16.5. The molecule has 0 aromatic heterocycles. The third-order valence-electron chi connectivity index (χ3n) is 5.54. The minimum absolute atomic E-state index is 0.121. The first-order valence-corrected chi connectivity index (χ1v) is 9.84. The quantitative estimate of drug-likeness (QED) is 0.883. The number of anilines is 2. The first kappa shape index (κ1) is 18.5. The maximum absolute atomic E-state index is 12.6. The van der Waals surface area contributed by atoms with E-state index < -0.39 is 0 Å². The summed E-state index contributed by atoms with van der Waals surface area (Å²) in [4.78, 5) is 16.9. The van der Waals surface area contributed by atoms with Crippen LogP contribution in [0.1, 0.15) is 11.1 Å². The molecule has 2 heterocycles. The molecule has 0 radical (unpaired) electrons. The van der Waals surface area contributed by atoms with Crippen molar-refractivity contribution in [2.75, 3.05) is 56.2 Å². The highest BCUT2D eigenvalue weighted by Crippen LogP contribution is 2.32. The van der Waals surface area contributed by atoms with E-state index in [0.29, 0.717) is 13.2 Å². The lowest BCUT2D eigenvalue weighted by Crippen LogP contribution is -2.50. The second kappa shape index (κ2) is 8.00. The highest BCUT2D eigenvalue weighted by atomic mass is 16.6. The van der Waals surface area contributed by atoms with Crippen LogP contribution in [0, 0.1) is 13.8 Å². The lowest BCUT2D eigenvalue weighted by atomic mass is 10.1. The van der Waals surface area contributed by atoms with Crippen LogP contribution in [-0.4, -0.2) is 56.7 Å². The first-order chi connectivity index (χ1) is 13.6. The zero-order valence-electron chi connectivity index (χ0n) is 16.5. The number of fused-ring (bicyclic) bond motifs is 1. The second-order valence-corrected chi connectivity index (χ2v) is 7.30. The van der Waals surface area contributed by atoms with Gasteiger partial charge < -0.3 is 24.6 Å². The van der Waals surface area contributed by atoms with Crippen LogP contribution in [0.4, 0.5) is 11.4 Å². The Labute approximate surface area is 166 Å². The summed E-state index contributed by atoms with van der Waals surface area (Å²) < 4.78 is 11.1. The fourth-order valence-electron chi connectivity index (χ4n) is 3.72. The van der Waals surface area contributed by atoms with Crippen LogP contribution in [0.25, 0.3) is 0 Å². The number of amides is 1. The molecule has 0 saturated carbocycles. The number of hydrogen-bond donors (Lipinski definition) is 1. The van der Waals surface area contributed by atoms with Gasteiger partial charge in [0.1, 0.15) is 13.2 Å². The van der Waals surface area contributed by atoms with E-state index in [9.17, 15) is 4.79 Å². The van der Waals surface area contributed by atoms with Gasteiger partial charge in [-0.05, 0) is 43.2 Å². The molecule has 148 valence electrons. The molecular weight excluding hydrogens is 354 g/mol. The van der Waals surface area contributed by atoms with Crippen LogP contribution < -0.4 is 19.7 Å². The molecule has 6 nitrogen and oxygen atoms in total. The van der Waals surface area contributed by atoms with Crippen molar-refractivity contribution in [3.8, 4) is 11.5 Å². The van der Waals surface area contributed by atoms with Gasteiger partial charge in [-0.1, -0.05) is 12.1 Å². The molecule has 4 rings (SSSR count). The Morgan fingerprint density at radius 1 is 1.00 bits per heavy atom. The molecule has 28 heavy (non-hydrogen) atoms. The predicted molar refractivity (Wildman–Crippen MR) is 111 cm³/mol. The number of carbonyl (C=O) groups is 1. The maximum atomic E-state index is 12.6. The van der Waals surface area contributed by atoms with Gasteiger partial charge in [0.05, 0.1) is 6.54 Å². The van der Waals surface area contributed by atoms with Crippen molar-refractivity contribution in [2.45, 2.75) is 13.8 Å². The lowest BCUT2D eigenvalue weighted by Gasteiger charge is -2.37. The number of carbonyl (C=O) groups excluding carboxylic acids is 1. The molecule has 1 saturated heterocycles. The summed E-state index contributed by atoms with van der Waals surface area (Å²) in [5.74, 6) is 1.60. The molecule has 0 aliphatic carbocycles. The molecule has 1 fully saturated rings. The molecule has 0 atom stereocenters. The Kier molecular flexibility index (Phi) is 5.28. The highest BCUT2D eigenvalue weighted by Gasteiger charge is 2.22. The van der Waals surface area contributed by atoms with E-state index in [1.54, 1.807) is 0 Å². The summed E-state index contributed by atoms with van der Waals surface area (Å²) >= 11 is 0. The normalized spacial score (nSPS) is 16.1. The molecule has 2 aromatic carbocycles. The largest absolute Gasteiger partial charge is 0.486 e. The molecule has 2 aliphatic rings. The SMILES string of the molecule is Cc1cccc(N2CCN(C(=O)CNc3ccc4c(c3)OCCO4)CC2)c1C. The summed E-state index contributed by atoms with van der Waals surface area (Å²) in [6, 6.07) is 12.1. The predicted octanol–water partition coefficient (Wildman–Crippen LogP) is 2.84. The summed E-state index contributed by atoms with van der Waals surface area (Å²) in [5, 5.41) is 3.21. The minimum atomic E-state index is 0.121. The minimum Gasteiger partial charge on any atom is -0.486 e. The van der Waals surface area contributed by atoms with E-state index in [4.69, 9.17) is 9.47 Å². The van der Waals surface area contributed by atoms with E-state index in [2.05, 4.69) is 42.3 Å². The molecule has 0 unspecified atom stereocenters. The van der Waals surface area contributed by atoms with Crippen molar-refractivity contribution in [3.63, 3.8) is 0 Å². The molecule has 0 spiro atoms. The third kappa shape index (κ3) is 3.86. The van der Waals surface area contributed by atoms with Crippen LogP contribution in [0.2, 0.25) is 0 Å². The average molecular weight is 381 g/mol. The van der Waals surface area contributed by atoms with Gasteiger partial charge in [-0.15, -0.1) is 0 Å². The first-order valence-electron chi connectivity index (χ1n) is 9.84. The van der Waals surface area contributed by atoms with Crippen molar-refractivity contribution >= 4 is 17.3 Å². The van der Waals surface area contributed by atoms with Crippen molar-refractivity contribution in [3.05, 3.63) is 47.5 Å². The molecule has 0 bridgehead atoms. The van der Waals surface area contributed by atoms with Gasteiger partial charge in [-0.2, -0.15) is 0 Å². The standard InChI is InChI=1S/C22H27N3O3/c1-16-4-3-5-19(17(16)2)24-8-10-25(11-9-24)22(26)15-23-18-6-7-20-21(14-18)28-13-12-27-20/h3-7,14,23H,8-13,15H2,1-2H3. The van der Waals surface area contributed by atoms with Crippen LogP contribution in [0.5, 0.6) is 11.5 Å². The molecule has 2 aliphatic heterocycles. The van der Waals surface area contributed by atoms with Crippen LogP contribution in [0.15, 0.2) is 36.4 Å². The number of piperazine rings is 1. The molecular formula is C22H27N3O3. The Balaban J connectivity index is 1.30. The molecule has 6 heteroatoms. The number of ether oxygens (including phenoxy) is 2. The van der Waals surface area contributed by atoms with Crippen molar-refractivity contribution in [2.24, 2.45) is 0 Å². The Morgan fingerprint density at radius 2 is 1.75 bits per heavy atom. The Bertz CT molecular complexity index is 860. The molecule has 1 N–H and O–H groups in total. The number of rotatable bonds is 4. The van der Waals surface area contributed by atoms with Gasteiger partial charge in [-0.25, -0.2) is 0 Å². The van der Waals surface area contributed by atoms with Gasteiger partial charge in [0, 0.05) is 43.6 Å². The van der Waals surface area contributed by atoms with Gasteiger partial charge in [0.25, 0.3) is 0 Å². The van der Waals surface area contributed by atoms with Crippen molar-refractivity contribution < 1.29 is 14.3 Å². The van der Waals surface area contributed by atoms with Gasteiger partial charge >= 0.3 is 0 Å². The molecule has 1 amide bonds. The van der Waals surface area contributed by atoms with E-state index in [1.807, 2.05) is 23.1 Å². The van der Waals surface area contributed by atoms with E-state index in [0.717, 1.165) is 43.4 Å². The molecule has 2 aromatic rings. The second-order valence-electron chi connectivity index (χ2n) is 7.30. The third-order valence-corrected chi connectivity index (χ3v) is 5.54. The van der Waals surface area contributed by atoms with Gasteiger partial charge in [0.2, 0.25) is 5.91 Å². The fraction of sp³-hybridized carbons (Fsp3) is 0.409. The number of benzene rings is 2. The zero-order chi connectivity index (χ0) is 19.5. The van der Waals surface area contributed by atoms with Crippen molar-refractivity contribution in [1.82, 2.24) is 4.90 Å². The number of aryl methyl sites for hydroxylation is 1. The highest BCUT2D eigenvalue weighted by molar-refractivity contribution is 5.81. The number of nitrogens with zero attached hydrogens (tertiary/aromatic N) is 2. The summed E-state index contributed by atoms with van der Waals surface area (Å²) in [7, 11) is 0. The van der Waals surface area contributed by atoms with Crippen molar-refractivity contribution in [1.29, 1.82) is 0 Å². The Morgan fingerprint density at radius 3 is 2.54 bits per heavy atom. The van der Waals surface area contributed by atoms with Crippen LogP contribution in [0.3, 0.4) is 0 Å².